The van der Waals surface area contributed by atoms with E-state index in [4.69, 9.17) is 14.6 Å². The van der Waals surface area contributed by atoms with Crippen molar-refractivity contribution < 1.29 is 19.4 Å². The minimum atomic E-state index is -0.697. The van der Waals surface area contributed by atoms with E-state index < -0.39 is 5.97 Å². The number of ether oxygens (including phenoxy) is 2. The first-order chi connectivity index (χ1) is 15.8. The fourth-order valence-electron chi connectivity index (χ4n) is 4.37. The molecule has 1 aromatic carbocycles. The zero-order valence-corrected chi connectivity index (χ0v) is 19.3. The van der Waals surface area contributed by atoms with Crippen molar-refractivity contribution in [3.63, 3.8) is 0 Å². The van der Waals surface area contributed by atoms with Crippen LogP contribution >= 0.6 is 0 Å². The van der Waals surface area contributed by atoms with E-state index in [1.54, 1.807) is 6.07 Å². The minimum Gasteiger partial charge on any atom is -0.488 e. The Morgan fingerprint density at radius 3 is 2.76 bits per heavy atom. The lowest BCUT2D eigenvalue weighted by atomic mass is 9.85. The molecule has 7 heteroatoms. The Bertz CT molecular complexity index is 1130. The van der Waals surface area contributed by atoms with Crippen LogP contribution in [0.25, 0.3) is 5.57 Å². The SMILES string of the molecule is CC1=C(CN2CC(C(=O)O)C2)CCc2cc(OCc3ccc(OC(C)C)c(C#N)n3)ccc21. The second-order valence-corrected chi connectivity index (χ2v) is 8.99. The van der Waals surface area contributed by atoms with Gasteiger partial charge in [0.1, 0.15) is 18.4 Å². The van der Waals surface area contributed by atoms with Crippen LogP contribution < -0.4 is 9.47 Å². The maximum Gasteiger partial charge on any atom is 0.309 e. The molecule has 1 saturated heterocycles. The number of nitrogens with zero attached hydrogens (tertiary/aromatic N) is 3. The molecule has 4 rings (SSSR count). The Morgan fingerprint density at radius 2 is 2.06 bits per heavy atom. The van der Waals surface area contributed by atoms with Gasteiger partial charge in [0.15, 0.2) is 11.4 Å². The maximum absolute atomic E-state index is 11.0. The molecule has 1 aliphatic carbocycles. The number of aliphatic carboxylic acids is 1. The van der Waals surface area contributed by atoms with Gasteiger partial charge in [-0.3, -0.25) is 9.69 Å². The molecule has 2 heterocycles. The molecule has 0 unspecified atom stereocenters. The van der Waals surface area contributed by atoms with Crippen LogP contribution in [0, 0.1) is 17.2 Å². The van der Waals surface area contributed by atoms with Gasteiger partial charge in [-0.1, -0.05) is 11.6 Å². The minimum absolute atomic E-state index is 0.0258. The number of aromatic nitrogens is 1. The van der Waals surface area contributed by atoms with Crippen LogP contribution in [-0.2, 0) is 17.8 Å². The summed E-state index contributed by atoms with van der Waals surface area (Å²) in [6.45, 7) is 8.36. The quantitative estimate of drug-likeness (QED) is 0.652. The summed E-state index contributed by atoms with van der Waals surface area (Å²) in [4.78, 5) is 17.6. The van der Waals surface area contributed by atoms with Crippen LogP contribution in [0.4, 0.5) is 0 Å². The number of carboxylic acid groups (broad SMARTS) is 1. The number of fused-ring (bicyclic) bond motifs is 1. The van der Waals surface area contributed by atoms with Gasteiger partial charge in [0.05, 0.1) is 17.7 Å². The van der Waals surface area contributed by atoms with E-state index in [9.17, 15) is 10.1 Å². The van der Waals surface area contributed by atoms with Crippen molar-refractivity contribution in [2.75, 3.05) is 19.6 Å². The Hall–Kier alpha value is -3.37. The van der Waals surface area contributed by atoms with Crippen LogP contribution in [0.2, 0.25) is 0 Å². The molecule has 2 aliphatic rings. The van der Waals surface area contributed by atoms with Crippen LogP contribution in [0.1, 0.15) is 49.7 Å². The van der Waals surface area contributed by atoms with Crippen molar-refractivity contribution in [2.24, 2.45) is 5.92 Å². The van der Waals surface area contributed by atoms with Crippen molar-refractivity contribution in [2.45, 2.75) is 46.3 Å². The van der Waals surface area contributed by atoms with Gasteiger partial charge < -0.3 is 14.6 Å². The van der Waals surface area contributed by atoms with Gasteiger partial charge in [0.2, 0.25) is 0 Å². The van der Waals surface area contributed by atoms with Gasteiger partial charge in [-0.25, -0.2) is 4.98 Å². The van der Waals surface area contributed by atoms with Gasteiger partial charge >= 0.3 is 5.97 Å². The van der Waals surface area contributed by atoms with Gasteiger partial charge in [0, 0.05) is 19.6 Å². The number of benzene rings is 1. The van der Waals surface area contributed by atoms with Crippen LogP contribution in [-0.4, -0.2) is 46.7 Å². The molecule has 33 heavy (non-hydrogen) atoms. The highest BCUT2D eigenvalue weighted by Crippen LogP contribution is 2.34. The van der Waals surface area contributed by atoms with Gasteiger partial charge in [-0.05, 0) is 74.6 Å². The van der Waals surface area contributed by atoms with E-state index in [2.05, 4.69) is 35.0 Å². The van der Waals surface area contributed by atoms with Gasteiger partial charge in [-0.15, -0.1) is 0 Å². The lowest BCUT2D eigenvalue weighted by Gasteiger charge is -2.38. The second-order valence-electron chi connectivity index (χ2n) is 8.99. The largest absolute Gasteiger partial charge is 0.488 e. The Balaban J connectivity index is 1.40. The first kappa shape index (κ1) is 22.8. The summed E-state index contributed by atoms with van der Waals surface area (Å²) in [6.07, 6.45) is 1.89. The van der Waals surface area contributed by atoms with E-state index in [0.717, 1.165) is 25.1 Å². The number of carboxylic acids is 1. The molecule has 1 aliphatic heterocycles. The molecule has 1 fully saturated rings. The van der Waals surface area contributed by atoms with Crippen molar-refractivity contribution in [3.8, 4) is 17.6 Å². The summed E-state index contributed by atoms with van der Waals surface area (Å²) in [5, 5.41) is 18.4. The first-order valence-corrected chi connectivity index (χ1v) is 11.3. The molecule has 0 saturated carbocycles. The molecule has 172 valence electrons. The predicted octanol–water partition coefficient (Wildman–Crippen LogP) is 4.06. The molecular formula is C26H29N3O4. The van der Waals surface area contributed by atoms with Gasteiger partial charge in [-0.2, -0.15) is 5.26 Å². The Labute approximate surface area is 194 Å². The number of hydrogen-bond acceptors (Lipinski definition) is 6. The molecule has 0 atom stereocenters. The molecule has 1 aromatic heterocycles. The van der Waals surface area contributed by atoms with Crippen molar-refractivity contribution >= 4 is 11.5 Å². The number of rotatable bonds is 8. The molecule has 0 spiro atoms. The fraction of sp³-hybridized carbons (Fsp3) is 0.423. The summed E-state index contributed by atoms with van der Waals surface area (Å²) in [7, 11) is 0. The molecule has 0 radical (unpaired) electrons. The zero-order chi connectivity index (χ0) is 23.5. The van der Waals surface area contributed by atoms with Crippen molar-refractivity contribution in [1.29, 1.82) is 5.26 Å². The van der Waals surface area contributed by atoms with E-state index >= 15 is 0 Å². The summed E-state index contributed by atoms with van der Waals surface area (Å²) < 4.78 is 11.6. The Morgan fingerprint density at radius 1 is 1.27 bits per heavy atom. The average molecular weight is 448 g/mol. The smallest absolute Gasteiger partial charge is 0.309 e. The number of aryl methyl sites for hydroxylation is 1. The molecule has 0 amide bonds. The first-order valence-electron chi connectivity index (χ1n) is 11.3. The second kappa shape index (κ2) is 9.63. The third-order valence-electron chi connectivity index (χ3n) is 6.20. The molecule has 2 aromatic rings. The van der Waals surface area contributed by atoms with Gasteiger partial charge in [0.25, 0.3) is 0 Å². The monoisotopic (exact) mass is 447 g/mol. The lowest BCUT2D eigenvalue weighted by Crippen LogP contribution is -2.50. The lowest BCUT2D eigenvalue weighted by molar-refractivity contribution is -0.147. The number of hydrogen-bond donors (Lipinski definition) is 1. The predicted molar refractivity (Wildman–Crippen MR) is 124 cm³/mol. The van der Waals surface area contributed by atoms with E-state index in [1.807, 2.05) is 26.0 Å². The normalized spacial score (nSPS) is 16.2. The fourth-order valence-corrected chi connectivity index (χ4v) is 4.37. The van der Waals surface area contributed by atoms with E-state index in [1.165, 1.54) is 22.3 Å². The Kier molecular flexibility index (Phi) is 6.66. The molecule has 1 N–H and O–H groups in total. The zero-order valence-electron chi connectivity index (χ0n) is 19.3. The van der Waals surface area contributed by atoms with Crippen LogP contribution in [0.15, 0.2) is 35.9 Å². The summed E-state index contributed by atoms with van der Waals surface area (Å²) in [6, 6.07) is 11.8. The average Bonchev–Trinajstić information content (AvgIpc) is 2.75. The number of allylic oxidation sites excluding steroid dienone is 1. The summed E-state index contributed by atoms with van der Waals surface area (Å²) in [5.41, 5.74) is 6.10. The number of likely N-dealkylation sites (tertiary alicyclic amines) is 1. The highest BCUT2D eigenvalue weighted by Gasteiger charge is 2.33. The third-order valence-corrected chi connectivity index (χ3v) is 6.20. The highest BCUT2D eigenvalue weighted by atomic mass is 16.5. The third kappa shape index (κ3) is 5.18. The van der Waals surface area contributed by atoms with Crippen molar-refractivity contribution in [3.05, 3.63) is 58.4 Å². The molecule has 0 bridgehead atoms. The maximum atomic E-state index is 11.0. The molecular weight excluding hydrogens is 418 g/mol. The van der Waals surface area contributed by atoms with E-state index in [0.29, 0.717) is 24.5 Å². The van der Waals surface area contributed by atoms with E-state index in [-0.39, 0.29) is 24.3 Å². The summed E-state index contributed by atoms with van der Waals surface area (Å²) >= 11 is 0. The topological polar surface area (TPSA) is 95.7 Å². The number of carbonyl (C=O) groups is 1. The van der Waals surface area contributed by atoms with Crippen LogP contribution in [0.3, 0.4) is 0 Å². The van der Waals surface area contributed by atoms with Crippen LogP contribution in [0.5, 0.6) is 11.5 Å². The highest BCUT2D eigenvalue weighted by molar-refractivity contribution is 5.73. The standard InChI is InChI=1S/C26H29N3O4/c1-16(2)33-25-9-6-21(28-24(25)11-27)15-32-22-7-8-23-17(3)19(5-4-18(23)10-22)12-29-13-20(14-29)26(30)31/h6-10,16,20H,4-5,12-15H2,1-3H3,(H,30,31). The molecule has 7 nitrogen and oxygen atoms in total. The number of nitriles is 1. The number of pyridine rings is 1. The van der Waals surface area contributed by atoms with Crippen molar-refractivity contribution in [1.82, 2.24) is 9.88 Å². The summed E-state index contributed by atoms with van der Waals surface area (Å²) in [5.74, 6) is 0.344.